The fourth-order valence-corrected chi connectivity index (χ4v) is 358. The van der Waals surface area contributed by atoms with Crippen molar-refractivity contribution in [1.82, 2.24) is 29.2 Å². The van der Waals surface area contributed by atoms with E-state index in [9.17, 15) is 0 Å². The lowest BCUT2D eigenvalue weighted by Crippen LogP contribution is -2.36. The Labute approximate surface area is 437 Å². The third-order valence-electron chi connectivity index (χ3n) is 7.23. The lowest BCUT2D eigenvalue weighted by atomic mass is 10.2. The third-order valence-corrected chi connectivity index (χ3v) is 192. The van der Waals surface area contributed by atoms with Gasteiger partial charge in [0.1, 0.15) is 0 Å². The van der Waals surface area contributed by atoms with Crippen molar-refractivity contribution in [2.45, 2.75) is 19.3 Å². The van der Waals surface area contributed by atoms with Crippen LogP contribution in [0.3, 0.4) is 0 Å². The first-order valence-electron chi connectivity index (χ1n) is 17.0. The third kappa shape index (κ3) is 23.5. The van der Waals surface area contributed by atoms with Crippen molar-refractivity contribution >= 4 is 290 Å². The molecule has 0 bridgehead atoms. The monoisotopic (exact) mass is 1540 g/mol. The number of fused-ring (bicyclic) bond motifs is 2. The van der Waals surface area contributed by atoms with Crippen LogP contribution >= 0.6 is 273 Å². The van der Waals surface area contributed by atoms with Gasteiger partial charge in [0, 0.05) is 47.6 Å². The normalized spacial score (nSPS) is 16.1. The van der Waals surface area contributed by atoms with Crippen molar-refractivity contribution in [3.8, 4) is 0 Å². The molecule has 2 fully saturated rings. The van der Waals surface area contributed by atoms with Crippen molar-refractivity contribution in [3.63, 3.8) is 0 Å². The summed E-state index contributed by atoms with van der Waals surface area (Å²) in [5.74, 6) is 0.779. The van der Waals surface area contributed by atoms with Gasteiger partial charge in [-0.1, -0.05) is 31.9 Å². The molecule has 0 N–H and O–H groups in total. The van der Waals surface area contributed by atoms with E-state index in [1.165, 1.54) is 19.3 Å². The van der Waals surface area contributed by atoms with Gasteiger partial charge in [-0.3, -0.25) is 0 Å². The molecule has 4 aromatic rings. The van der Waals surface area contributed by atoms with E-state index in [4.69, 9.17) is 9.47 Å². The van der Waals surface area contributed by atoms with E-state index in [2.05, 4.69) is 207 Å². The summed E-state index contributed by atoms with van der Waals surface area (Å²) in [5, 5.41) is 8.49. The first kappa shape index (κ1) is 65.7. The second kappa shape index (κ2) is 35.8. The highest BCUT2D eigenvalue weighted by molar-refractivity contribution is 9.42. The molecule has 2 aliphatic heterocycles. The van der Waals surface area contributed by atoms with Crippen LogP contribution in [0.4, 0.5) is 5.95 Å². The molecule has 2 aliphatic rings. The Hall–Kier alpha value is 10.4. The molecule has 61 heavy (non-hydrogen) atoms. The van der Waals surface area contributed by atoms with E-state index in [0.29, 0.717) is 4.73 Å². The van der Waals surface area contributed by atoms with Crippen LogP contribution in [0, 0.1) is 0 Å². The molecule has 346 valence electrons. The Morgan fingerprint density at radius 1 is 0.475 bits per heavy atom. The Morgan fingerprint density at radius 3 is 1.28 bits per heavy atom. The van der Waals surface area contributed by atoms with Gasteiger partial charge in [-0.15, -0.1) is 144 Å². The second-order valence-electron chi connectivity index (χ2n) is 11.7. The standard InChI is InChI=1S/C10H11BrN4O.C6H3Br2N3.C5H10O.H30P28/c11-8-1-2-15-9(7-8)12-10(13-15)14-3-5-16-6-4-14;7-4-1-2-11-5(3-4)9-6(8)10-11;1-2-4-6-5-3-1;1-16(2)23(15)27(24(17(3)4)18(5)6)28(25(19(7)8)20(9)10)26(21(11)12)22(13)14/h1-2,7H,3-6H2;1-3H;1-5H2;1-15H2. The second-order valence-corrected chi connectivity index (χ2v) is 127. The summed E-state index contributed by atoms with van der Waals surface area (Å²) >= 11 is 9.96. The number of ether oxygens (including phenoxy) is 2. The largest absolute Gasteiger partial charge is 0.381 e. The summed E-state index contributed by atoms with van der Waals surface area (Å²) in [6, 6.07) is 7.72. The SMILES string of the molecule is Brc1ccn2nc(Br)nc2c1.Brc1ccn2nc(N3CCOCC3)nc2c1.C1CCOCC1.PP(P)P(P)P(P(P(P)P)P(P)P)P(P(P(P)P)P(P)P)P(P(P)P)P(P)P. The number of rotatable bonds is 13. The first-order valence-corrected chi connectivity index (χ1v) is 69.5. The Morgan fingerprint density at radius 2 is 0.885 bits per heavy atom. The average molecular weight is 1540 g/mol. The van der Waals surface area contributed by atoms with E-state index in [1.807, 2.05) is 36.7 Å². The zero-order valence-corrected chi connectivity index (χ0v) is 66.1. The number of aromatic nitrogens is 6. The summed E-state index contributed by atoms with van der Waals surface area (Å²) in [6.45, 7) is 5.21. The van der Waals surface area contributed by atoms with Gasteiger partial charge in [0.25, 0.3) is 0 Å². The van der Waals surface area contributed by atoms with Crippen LogP contribution in [0.1, 0.15) is 19.3 Å². The number of hydrogen-bond donors (Lipinski definition) is 0. The number of morpholine rings is 1. The molecule has 6 rings (SSSR count). The first-order chi connectivity index (χ1) is 28.7. The molecule has 0 radical (unpaired) electrons. The van der Waals surface area contributed by atoms with Gasteiger partial charge in [-0.05, 0) is 150 Å². The van der Waals surface area contributed by atoms with Crippen molar-refractivity contribution in [2.75, 3.05) is 44.4 Å². The average Bonchev–Trinajstić information content (AvgIpc) is 3.79. The van der Waals surface area contributed by atoms with Crippen molar-refractivity contribution in [2.24, 2.45) is 0 Å². The van der Waals surface area contributed by atoms with Gasteiger partial charge < -0.3 is 14.4 Å². The van der Waals surface area contributed by atoms with Crippen molar-refractivity contribution in [1.29, 1.82) is 0 Å². The van der Waals surface area contributed by atoms with E-state index < -0.39 is 0 Å². The molecule has 40 heteroatoms. The van der Waals surface area contributed by atoms with Gasteiger partial charge in [0.2, 0.25) is 10.7 Å². The molecule has 0 aromatic carbocycles. The fraction of sp³-hybridized carbons (Fsp3) is 0.429. The number of hydrogen-bond acceptors (Lipinski definition) is 7. The quantitative estimate of drug-likeness (QED) is 0.123. The molecular formula is C21H54Br3N7O2P28. The number of halogens is 3. The molecule has 17 unspecified atom stereocenters. The van der Waals surface area contributed by atoms with Crippen LogP contribution in [0.15, 0.2) is 50.3 Å². The number of pyridine rings is 2. The van der Waals surface area contributed by atoms with Gasteiger partial charge in [0.15, 0.2) is 11.3 Å². The topological polar surface area (TPSA) is 82.1 Å². The molecule has 0 amide bonds. The minimum Gasteiger partial charge on any atom is -0.381 e. The van der Waals surface area contributed by atoms with Gasteiger partial charge in [-0.2, -0.15) is 4.98 Å². The Kier molecular flexibility index (Phi) is 38.5. The highest BCUT2D eigenvalue weighted by atomic mass is 79.9. The number of anilines is 1. The lowest BCUT2D eigenvalue weighted by Gasteiger charge is -2.51. The summed E-state index contributed by atoms with van der Waals surface area (Å²) in [4.78, 5) is 10.7. The van der Waals surface area contributed by atoms with Crippen molar-refractivity contribution in [3.05, 3.63) is 50.3 Å². The minimum absolute atomic E-state index is 0.00189. The minimum atomic E-state index is -0.0421. The highest BCUT2D eigenvalue weighted by Gasteiger charge is 2.49. The summed E-state index contributed by atoms with van der Waals surface area (Å²) in [7, 11) is 49.0. The molecule has 6 heterocycles. The zero-order valence-electron chi connectivity index (χ0n) is 32.4. The predicted molar refractivity (Wildman–Crippen MR) is 372 cm³/mol. The predicted octanol–water partition coefficient (Wildman–Crippen LogP) is 20.9. The van der Waals surface area contributed by atoms with Gasteiger partial charge in [-0.25, -0.2) is 14.0 Å². The van der Waals surface area contributed by atoms with Crippen LogP contribution in [-0.2, 0) is 9.47 Å². The zero-order chi connectivity index (χ0) is 45.6. The van der Waals surface area contributed by atoms with E-state index in [1.54, 1.807) is 9.03 Å². The van der Waals surface area contributed by atoms with Crippen molar-refractivity contribution < 1.29 is 9.47 Å². The molecule has 0 spiro atoms. The Balaban J connectivity index is 0.000000247. The molecule has 4 aromatic heterocycles. The summed E-state index contributed by atoms with van der Waals surface area (Å²) in [6.07, 6.45) is 7.67. The van der Waals surface area contributed by atoms with Crippen LogP contribution in [0.25, 0.3) is 11.3 Å². The van der Waals surface area contributed by atoms with Gasteiger partial charge in [0.05, 0.1) is 13.2 Å². The molecule has 2 saturated heterocycles. The summed E-state index contributed by atoms with van der Waals surface area (Å²) in [5.41, 5.74) is 1.68. The maximum atomic E-state index is 5.30. The van der Waals surface area contributed by atoms with E-state index >= 15 is 0 Å². The molecule has 0 saturated carbocycles. The van der Waals surface area contributed by atoms with Crippen LogP contribution in [0.5, 0.6) is 0 Å². The molecule has 0 aliphatic carbocycles. The van der Waals surface area contributed by atoms with Crippen LogP contribution in [0.2, 0.25) is 0 Å². The van der Waals surface area contributed by atoms with Gasteiger partial charge >= 0.3 is 0 Å². The number of nitrogens with zero attached hydrogens (tertiary/aromatic N) is 7. The fourth-order valence-electron chi connectivity index (χ4n) is 4.71. The molecule has 17 atom stereocenters. The van der Waals surface area contributed by atoms with E-state index in [-0.39, 0.29) is 90.8 Å². The highest BCUT2D eigenvalue weighted by Crippen LogP contribution is 3.37. The lowest BCUT2D eigenvalue weighted by molar-refractivity contribution is 0.0968. The maximum absolute atomic E-state index is 5.30. The van der Waals surface area contributed by atoms with Crippen LogP contribution < -0.4 is 4.90 Å². The smallest absolute Gasteiger partial charge is 0.245 e. The molecule has 9 nitrogen and oxygen atoms in total. The Bertz CT molecular complexity index is 1810. The van der Waals surface area contributed by atoms with Crippen LogP contribution in [-0.4, -0.2) is 68.7 Å². The summed E-state index contributed by atoms with van der Waals surface area (Å²) < 4.78 is 16.5. The van der Waals surface area contributed by atoms with E-state index in [0.717, 1.165) is 65.7 Å². The molecular weight excluding hydrogens is 1490 g/mol. The maximum Gasteiger partial charge on any atom is 0.245 e.